The zero-order chi connectivity index (χ0) is 13.3. The summed E-state index contributed by atoms with van der Waals surface area (Å²) in [4.78, 5) is 11.7. The highest BCUT2D eigenvalue weighted by atomic mass is 32.2. The molecule has 2 aromatic rings. The smallest absolute Gasteiger partial charge is 0.338 e. The van der Waals surface area contributed by atoms with Crippen LogP contribution in [0.1, 0.15) is 10.4 Å². The first-order valence-corrected chi connectivity index (χ1v) is 6.38. The molecule has 18 heavy (non-hydrogen) atoms. The molecule has 0 atom stereocenters. The van der Waals surface area contributed by atoms with Crippen molar-refractivity contribution in [2.45, 2.75) is 12.7 Å². The van der Waals surface area contributed by atoms with Gasteiger partial charge in [0.05, 0.1) is 5.56 Å². The number of alkyl halides is 3. The number of aromatic nitrogens is 1. The Balaban J connectivity index is 2.58. The van der Waals surface area contributed by atoms with E-state index in [2.05, 4.69) is 0 Å². The first kappa shape index (κ1) is 13.0. The molecule has 0 aliphatic carbocycles. The second kappa shape index (κ2) is 4.68. The summed E-state index contributed by atoms with van der Waals surface area (Å²) >= 11 is 0.991. The van der Waals surface area contributed by atoms with E-state index in [1.807, 2.05) is 0 Å². The molecule has 6 heteroatoms. The van der Waals surface area contributed by atoms with Crippen molar-refractivity contribution in [1.82, 2.24) is 4.57 Å². The summed E-state index contributed by atoms with van der Waals surface area (Å²) in [5.74, 6) is 0. The lowest BCUT2D eigenvalue weighted by molar-refractivity contribution is -0.139. The van der Waals surface area contributed by atoms with Gasteiger partial charge >= 0.3 is 6.18 Å². The molecule has 1 heterocycles. The Hall–Kier alpha value is -1.43. The number of thioether (sulfide) groups is 1. The summed E-state index contributed by atoms with van der Waals surface area (Å²) in [6.45, 7) is -1.09. The van der Waals surface area contributed by atoms with E-state index >= 15 is 0 Å². The number of carbonyl (C=O) groups excluding carboxylic acids is 1. The van der Waals surface area contributed by atoms with Crippen LogP contribution in [0.5, 0.6) is 0 Å². The third-order valence-electron chi connectivity index (χ3n) is 2.54. The molecule has 0 spiro atoms. The summed E-state index contributed by atoms with van der Waals surface area (Å²) in [5.41, 5.74) is 0.745. The molecular formula is C12H10F3NOS. The highest BCUT2D eigenvalue weighted by Gasteiger charge is 2.29. The molecule has 1 aromatic heterocycles. The molecule has 2 rings (SSSR count). The predicted molar refractivity (Wildman–Crippen MR) is 65.8 cm³/mol. The lowest BCUT2D eigenvalue weighted by Crippen LogP contribution is -2.16. The first-order valence-electron chi connectivity index (χ1n) is 5.15. The maximum absolute atomic E-state index is 12.5. The minimum absolute atomic E-state index is 0.230. The second-order valence-electron chi connectivity index (χ2n) is 3.79. The summed E-state index contributed by atoms with van der Waals surface area (Å²) in [6, 6.07) is 6.60. The van der Waals surface area contributed by atoms with Crippen molar-refractivity contribution in [3.63, 3.8) is 0 Å². The van der Waals surface area contributed by atoms with Crippen LogP contribution in [0.2, 0.25) is 0 Å². The molecule has 0 amide bonds. The average molecular weight is 273 g/mol. The van der Waals surface area contributed by atoms with Crippen LogP contribution in [0.15, 0.2) is 30.5 Å². The van der Waals surface area contributed by atoms with Crippen LogP contribution in [0.3, 0.4) is 0 Å². The van der Waals surface area contributed by atoms with Crippen molar-refractivity contribution in [1.29, 1.82) is 0 Å². The lowest BCUT2D eigenvalue weighted by Gasteiger charge is -2.08. The highest BCUT2D eigenvalue weighted by Crippen LogP contribution is 2.27. The number of para-hydroxylation sites is 1. The molecule has 0 saturated carbocycles. The maximum atomic E-state index is 12.5. The second-order valence-corrected chi connectivity index (χ2v) is 4.57. The molecule has 0 N–H and O–H groups in total. The average Bonchev–Trinajstić information content (AvgIpc) is 2.65. The minimum atomic E-state index is -4.30. The maximum Gasteiger partial charge on any atom is 0.406 e. The van der Waals surface area contributed by atoms with Gasteiger partial charge in [-0.1, -0.05) is 30.0 Å². The van der Waals surface area contributed by atoms with Crippen LogP contribution in [0.4, 0.5) is 13.2 Å². The number of hydrogen-bond donors (Lipinski definition) is 0. The molecule has 0 aliphatic heterocycles. The van der Waals surface area contributed by atoms with Gasteiger partial charge in [-0.25, -0.2) is 0 Å². The van der Waals surface area contributed by atoms with Gasteiger partial charge in [-0.2, -0.15) is 13.2 Å². The van der Waals surface area contributed by atoms with E-state index in [-0.39, 0.29) is 5.12 Å². The molecule has 0 fully saturated rings. The van der Waals surface area contributed by atoms with Gasteiger partial charge in [0.15, 0.2) is 0 Å². The normalized spacial score (nSPS) is 12.0. The Labute approximate surface area is 106 Å². The first-order chi connectivity index (χ1) is 8.42. The van der Waals surface area contributed by atoms with Gasteiger partial charge in [-0.15, -0.1) is 0 Å². The van der Waals surface area contributed by atoms with Crippen molar-refractivity contribution in [2.75, 3.05) is 6.26 Å². The van der Waals surface area contributed by atoms with Crippen LogP contribution >= 0.6 is 11.8 Å². The third kappa shape index (κ3) is 2.53. The Morgan fingerprint density at radius 1 is 1.33 bits per heavy atom. The fourth-order valence-electron chi connectivity index (χ4n) is 1.84. The zero-order valence-electron chi connectivity index (χ0n) is 9.49. The summed E-state index contributed by atoms with van der Waals surface area (Å²) in [6.07, 6.45) is -1.42. The zero-order valence-corrected chi connectivity index (χ0v) is 10.3. The van der Waals surface area contributed by atoms with Gasteiger partial charge < -0.3 is 4.57 Å². The van der Waals surface area contributed by atoms with E-state index in [9.17, 15) is 18.0 Å². The quantitative estimate of drug-likeness (QED) is 0.832. The fraction of sp³-hybridized carbons (Fsp3) is 0.250. The van der Waals surface area contributed by atoms with Crippen LogP contribution < -0.4 is 0 Å². The standard InChI is InChI=1S/C12H10F3NOS/c1-18-11(17)9-6-16(7-12(13,14)15)10-5-3-2-4-8(9)10/h2-6H,7H2,1H3. The number of halogens is 3. The Kier molecular flexibility index (Phi) is 3.38. The Bertz CT molecular complexity index is 589. The van der Waals surface area contributed by atoms with Crippen LogP contribution in [0.25, 0.3) is 10.9 Å². The molecule has 0 saturated heterocycles. The van der Waals surface area contributed by atoms with Gasteiger partial charge in [0, 0.05) is 17.1 Å². The summed E-state index contributed by atoms with van der Waals surface area (Å²) in [5, 5.41) is 0.327. The molecule has 96 valence electrons. The van der Waals surface area contributed by atoms with Crippen molar-refractivity contribution < 1.29 is 18.0 Å². The van der Waals surface area contributed by atoms with E-state index < -0.39 is 12.7 Å². The van der Waals surface area contributed by atoms with E-state index in [1.54, 1.807) is 30.5 Å². The number of nitrogens with zero attached hydrogens (tertiary/aromatic N) is 1. The Morgan fingerprint density at radius 3 is 2.61 bits per heavy atom. The summed E-state index contributed by atoms with van der Waals surface area (Å²) in [7, 11) is 0. The number of benzene rings is 1. The minimum Gasteiger partial charge on any atom is -0.338 e. The lowest BCUT2D eigenvalue weighted by atomic mass is 10.2. The van der Waals surface area contributed by atoms with Crippen molar-refractivity contribution >= 4 is 27.8 Å². The fourth-order valence-corrected chi connectivity index (χ4v) is 2.23. The van der Waals surface area contributed by atoms with Crippen LogP contribution in [0, 0.1) is 0 Å². The Morgan fingerprint density at radius 2 is 2.00 bits per heavy atom. The van der Waals surface area contributed by atoms with Gasteiger partial charge in [0.25, 0.3) is 0 Å². The molecule has 0 unspecified atom stereocenters. The predicted octanol–water partition coefficient (Wildman–Crippen LogP) is 3.71. The van der Waals surface area contributed by atoms with Gasteiger partial charge in [0.2, 0.25) is 5.12 Å². The monoisotopic (exact) mass is 273 g/mol. The van der Waals surface area contributed by atoms with E-state index in [4.69, 9.17) is 0 Å². The summed E-state index contributed by atoms with van der Waals surface area (Å²) < 4.78 is 38.4. The molecule has 0 radical (unpaired) electrons. The van der Waals surface area contributed by atoms with Crippen molar-refractivity contribution in [2.24, 2.45) is 0 Å². The largest absolute Gasteiger partial charge is 0.406 e. The van der Waals surface area contributed by atoms with Crippen LogP contribution in [-0.4, -0.2) is 22.1 Å². The van der Waals surface area contributed by atoms with Gasteiger partial charge in [0.1, 0.15) is 6.54 Å². The van der Waals surface area contributed by atoms with Gasteiger partial charge in [-0.05, 0) is 12.3 Å². The number of fused-ring (bicyclic) bond motifs is 1. The van der Waals surface area contributed by atoms with Crippen molar-refractivity contribution in [3.05, 3.63) is 36.0 Å². The van der Waals surface area contributed by atoms with Crippen LogP contribution in [-0.2, 0) is 6.54 Å². The number of hydrogen-bond acceptors (Lipinski definition) is 2. The number of carbonyl (C=O) groups is 1. The van der Waals surface area contributed by atoms with E-state index in [0.29, 0.717) is 16.5 Å². The number of rotatable bonds is 2. The highest BCUT2D eigenvalue weighted by molar-refractivity contribution is 8.13. The molecule has 2 nitrogen and oxygen atoms in total. The van der Waals surface area contributed by atoms with Gasteiger partial charge in [-0.3, -0.25) is 4.79 Å². The SMILES string of the molecule is CSC(=O)c1cn(CC(F)(F)F)c2ccccc12. The molecule has 0 aliphatic rings. The molecule has 0 bridgehead atoms. The molecule has 1 aromatic carbocycles. The topological polar surface area (TPSA) is 22.0 Å². The van der Waals surface area contributed by atoms with E-state index in [1.165, 1.54) is 6.20 Å². The van der Waals surface area contributed by atoms with E-state index in [0.717, 1.165) is 16.3 Å². The molecular weight excluding hydrogens is 263 g/mol. The van der Waals surface area contributed by atoms with Crippen molar-refractivity contribution in [3.8, 4) is 0 Å². The third-order valence-corrected chi connectivity index (χ3v) is 3.13.